The predicted molar refractivity (Wildman–Crippen MR) is 131 cm³/mol. The first-order valence-corrected chi connectivity index (χ1v) is 11.2. The topological polar surface area (TPSA) is 47.6 Å². The standard InChI is InChI=1S/C27H30ClNO3/c1-18(2)14-15-32-26-24(28)16-23(17-25(26)31-4)27(30)29-19(3)20-10-12-22(13-11-20)21-8-6-5-7-9-21/h5-13,16-19H,14-15H2,1-4H3,(H,29,30)/t19-/m0/s1. The summed E-state index contributed by atoms with van der Waals surface area (Å²) in [5, 5.41) is 3.39. The summed E-state index contributed by atoms with van der Waals surface area (Å²) in [7, 11) is 1.54. The highest BCUT2D eigenvalue weighted by atomic mass is 35.5. The number of rotatable bonds is 9. The zero-order chi connectivity index (χ0) is 23.1. The molecule has 4 nitrogen and oxygen atoms in total. The van der Waals surface area contributed by atoms with Gasteiger partial charge in [0.25, 0.3) is 5.91 Å². The number of nitrogens with one attached hydrogen (secondary N) is 1. The molecule has 0 heterocycles. The number of amides is 1. The molecule has 0 aliphatic heterocycles. The number of carbonyl (C=O) groups is 1. The van der Waals surface area contributed by atoms with Crippen molar-refractivity contribution in [2.75, 3.05) is 13.7 Å². The van der Waals surface area contributed by atoms with Gasteiger partial charge in [0.05, 0.1) is 24.8 Å². The largest absolute Gasteiger partial charge is 0.493 e. The Labute approximate surface area is 195 Å². The quantitative estimate of drug-likeness (QED) is 0.383. The lowest BCUT2D eigenvalue weighted by Gasteiger charge is -2.17. The van der Waals surface area contributed by atoms with Gasteiger partial charge >= 0.3 is 0 Å². The molecule has 0 unspecified atom stereocenters. The number of hydrogen-bond donors (Lipinski definition) is 1. The maximum absolute atomic E-state index is 12.9. The third-order valence-electron chi connectivity index (χ3n) is 5.30. The highest BCUT2D eigenvalue weighted by molar-refractivity contribution is 6.32. The molecule has 0 radical (unpaired) electrons. The smallest absolute Gasteiger partial charge is 0.251 e. The first-order chi connectivity index (χ1) is 15.4. The van der Waals surface area contributed by atoms with Crippen LogP contribution >= 0.6 is 11.6 Å². The summed E-state index contributed by atoms with van der Waals surface area (Å²) in [6, 6.07) is 21.5. The van der Waals surface area contributed by atoms with Gasteiger partial charge in [-0.2, -0.15) is 0 Å². The highest BCUT2D eigenvalue weighted by Crippen LogP contribution is 2.37. The fourth-order valence-electron chi connectivity index (χ4n) is 3.35. The fraction of sp³-hybridized carbons (Fsp3) is 0.296. The van der Waals surface area contributed by atoms with Crippen LogP contribution < -0.4 is 14.8 Å². The van der Waals surface area contributed by atoms with Crippen LogP contribution in [0.15, 0.2) is 66.7 Å². The van der Waals surface area contributed by atoms with Crippen LogP contribution in [0.1, 0.15) is 49.2 Å². The normalized spacial score (nSPS) is 11.8. The molecule has 168 valence electrons. The number of hydrogen-bond acceptors (Lipinski definition) is 3. The summed E-state index contributed by atoms with van der Waals surface area (Å²) in [5.74, 6) is 1.22. The summed E-state index contributed by atoms with van der Waals surface area (Å²) in [5.41, 5.74) is 3.74. The Morgan fingerprint density at radius 3 is 2.25 bits per heavy atom. The maximum atomic E-state index is 12.9. The van der Waals surface area contributed by atoms with Gasteiger partial charge in [0.15, 0.2) is 11.5 Å². The summed E-state index contributed by atoms with van der Waals surface area (Å²) in [6.07, 6.45) is 0.905. The Bertz CT molecular complexity index is 1030. The first kappa shape index (κ1) is 23.7. The van der Waals surface area contributed by atoms with Crippen molar-refractivity contribution in [3.8, 4) is 22.6 Å². The van der Waals surface area contributed by atoms with Gasteiger partial charge in [0.1, 0.15) is 0 Å². The molecule has 3 aromatic carbocycles. The number of methoxy groups -OCH3 is 1. The summed E-state index contributed by atoms with van der Waals surface area (Å²) < 4.78 is 11.2. The lowest BCUT2D eigenvalue weighted by Crippen LogP contribution is -2.26. The maximum Gasteiger partial charge on any atom is 0.251 e. The van der Waals surface area contributed by atoms with E-state index >= 15 is 0 Å². The number of ether oxygens (including phenoxy) is 2. The average molecular weight is 452 g/mol. The van der Waals surface area contributed by atoms with Crippen molar-refractivity contribution < 1.29 is 14.3 Å². The van der Waals surface area contributed by atoms with E-state index in [1.807, 2.05) is 37.3 Å². The van der Waals surface area contributed by atoms with Crippen LogP contribution in [0.3, 0.4) is 0 Å². The molecular formula is C27H30ClNO3. The molecule has 3 aromatic rings. The Hall–Kier alpha value is -2.98. The van der Waals surface area contributed by atoms with Gasteiger partial charge in [-0.05, 0) is 48.1 Å². The second-order valence-electron chi connectivity index (χ2n) is 8.20. The van der Waals surface area contributed by atoms with Crippen LogP contribution in [0.2, 0.25) is 5.02 Å². The molecule has 1 N–H and O–H groups in total. The predicted octanol–water partition coefficient (Wildman–Crippen LogP) is 6.93. The van der Waals surface area contributed by atoms with Gasteiger partial charge in [-0.25, -0.2) is 0 Å². The SMILES string of the molecule is COc1cc(C(=O)N[C@@H](C)c2ccc(-c3ccccc3)cc2)cc(Cl)c1OCCC(C)C. The summed E-state index contributed by atoms with van der Waals surface area (Å²) in [4.78, 5) is 12.9. The molecule has 0 aliphatic carbocycles. The van der Waals surface area contributed by atoms with Crippen LogP contribution in [0.5, 0.6) is 11.5 Å². The van der Waals surface area contributed by atoms with Crippen molar-refractivity contribution in [3.63, 3.8) is 0 Å². The number of carbonyl (C=O) groups excluding carboxylic acids is 1. The Morgan fingerprint density at radius 2 is 1.62 bits per heavy atom. The van der Waals surface area contributed by atoms with Crippen LogP contribution in [-0.2, 0) is 0 Å². The van der Waals surface area contributed by atoms with E-state index in [-0.39, 0.29) is 11.9 Å². The van der Waals surface area contributed by atoms with Gasteiger partial charge in [-0.1, -0.05) is 80.0 Å². The van der Waals surface area contributed by atoms with Crippen molar-refractivity contribution in [3.05, 3.63) is 82.9 Å². The minimum atomic E-state index is -0.224. The van der Waals surface area contributed by atoms with Crippen molar-refractivity contribution >= 4 is 17.5 Å². The Kier molecular flexibility index (Phi) is 8.18. The van der Waals surface area contributed by atoms with Crippen LogP contribution in [-0.4, -0.2) is 19.6 Å². The molecule has 0 saturated carbocycles. The van der Waals surface area contributed by atoms with Crippen molar-refractivity contribution in [2.45, 2.75) is 33.2 Å². The zero-order valence-corrected chi connectivity index (χ0v) is 19.8. The van der Waals surface area contributed by atoms with E-state index in [4.69, 9.17) is 21.1 Å². The fourth-order valence-corrected chi connectivity index (χ4v) is 3.61. The minimum Gasteiger partial charge on any atom is -0.493 e. The molecule has 3 rings (SSSR count). The van der Waals surface area contributed by atoms with Gasteiger partial charge in [-0.3, -0.25) is 4.79 Å². The third kappa shape index (κ3) is 6.04. The van der Waals surface area contributed by atoms with Crippen LogP contribution in [0.4, 0.5) is 0 Å². The second-order valence-corrected chi connectivity index (χ2v) is 8.61. The van der Waals surface area contributed by atoms with Crippen LogP contribution in [0.25, 0.3) is 11.1 Å². The minimum absolute atomic E-state index is 0.168. The average Bonchev–Trinajstić information content (AvgIpc) is 2.80. The number of benzene rings is 3. The van der Waals surface area contributed by atoms with Crippen molar-refractivity contribution in [2.24, 2.45) is 5.92 Å². The van der Waals surface area contributed by atoms with Crippen LogP contribution in [0, 0.1) is 5.92 Å². The zero-order valence-electron chi connectivity index (χ0n) is 19.0. The number of halogens is 1. The van der Waals surface area contributed by atoms with E-state index in [1.54, 1.807) is 19.2 Å². The van der Waals surface area contributed by atoms with Gasteiger partial charge in [-0.15, -0.1) is 0 Å². The van der Waals surface area contributed by atoms with E-state index in [1.165, 1.54) is 0 Å². The molecule has 0 aromatic heterocycles. The monoisotopic (exact) mass is 451 g/mol. The molecule has 0 spiro atoms. The van der Waals surface area contributed by atoms with Gasteiger partial charge in [0, 0.05) is 5.56 Å². The third-order valence-corrected chi connectivity index (χ3v) is 5.58. The van der Waals surface area contributed by atoms with Gasteiger partial charge in [0.2, 0.25) is 0 Å². The molecule has 1 amide bonds. The van der Waals surface area contributed by atoms with E-state index in [9.17, 15) is 4.79 Å². The molecule has 32 heavy (non-hydrogen) atoms. The van der Waals surface area contributed by atoms with Gasteiger partial charge < -0.3 is 14.8 Å². The lowest BCUT2D eigenvalue weighted by atomic mass is 10.0. The van der Waals surface area contributed by atoms with Crippen molar-refractivity contribution in [1.82, 2.24) is 5.32 Å². The molecule has 0 aliphatic rings. The van der Waals surface area contributed by atoms with E-state index in [2.05, 4.69) is 43.4 Å². The Balaban J connectivity index is 1.70. The molecular weight excluding hydrogens is 422 g/mol. The summed E-state index contributed by atoms with van der Waals surface area (Å²) >= 11 is 6.42. The molecule has 0 fully saturated rings. The Morgan fingerprint density at radius 1 is 0.969 bits per heavy atom. The molecule has 1 atom stereocenters. The lowest BCUT2D eigenvalue weighted by molar-refractivity contribution is 0.0939. The second kappa shape index (κ2) is 11.1. The molecule has 5 heteroatoms. The van der Waals surface area contributed by atoms with E-state index < -0.39 is 0 Å². The van der Waals surface area contributed by atoms with Crippen molar-refractivity contribution in [1.29, 1.82) is 0 Å². The first-order valence-electron chi connectivity index (χ1n) is 10.9. The summed E-state index contributed by atoms with van der Waals surface area (Å²) in [6.45, 7) is 6.75. The molecule has 0 saturated heterocycles. The highest BCUT2D eigenvalue weighted by Gasteiger charge is 2.18. The van der Waals surface area contributed by atoms with E-state index in [0.29, 0.717) is 34.6 Å². The molecule has 0 bridgehead atoms. The van der Waals surface area contributed by atoms with E-state index in [0.717, 1.165) is 23.1 Å².